The number of hydrogen-bond acceptors (Lipinski definition) is 5. The van der Waals surface area contributed by atoms with Gasteiger partial charge in [-0.3, -0.25) is 15.2 Å². The third-order valence-corrected chi connectivity index (χ3v) is 4.55. The molecule has 1 fully saturated rings. The Bertz CT molecular complexity index is 930. The predicted octanol–water partition coefficient (Wildman–Crippen LogP) is 1.98. The molecule has 3 amide bonds. The first kappa shape index (κ1) is 17.8. The van der Waals surface area contributed by atoms with Crippen molar-refractivity contribution in [1.82, 2.24) is 25.0 Å². The molecule has 4 rings (SSSR count). The predicted molar refractivity (Wildman–Crippen MR) is 101 cm³/mol. The van der Waals surface area contributed by atoms with E-state index in [1.807, 2.05) is 30.3 Å². The summed E-state index contributed by atoms with van der Waals surface area (Å²) in [6.45, 7) is 1.75. The van der Waals surface area contributed by atoms with Crippen LogP contribution >= 0.6 is 0 Å². The fourth-order valence-electron chi connectivity index (χ4n) is 3.06. The average Bonchev–Trinajstić information content (AvgIpc) is 3.41. The SMILES string of the molecule is O=C(Nc1n[nH]c(Cc2ccccc2)n1)N1CCN(C(=O)c2ccco2)CC1. The summed E-state index contributed by atoms with van der Waals surface area (Å²) in [4.78, 5) is 32.3. The third-order valence-electron chi connectivity index (χ3n) is 4.55. The largest absolute Gasteiger partial charge is 0.459 e. The number of piperazine rings is 1. The molecule has 3 aromatic rings. The van der Waals surface area contributed by atoms with Gasteiger partial charge in [0.1, 0.15) is 5.82 Å². The Labute approximate surface area is 161 Å². The van der Waals surface area contributed by atoms with E-state index in [2.05, 4.69) is 20.5 Å². The second-order valence-electron chi connectivity index (χ2n) is 6.45. The Morgan fingerprint density at radius 3 is 2.50 bits per heavy atom. The minimum absolute atomic E-state index is 0.162. The molecule has 144 valence electrons. The van der Waals surface area contributed by atoms with Crippen molar-refractivity contribution in [3.63, 3.8) is 0 Å². The molecule has 3 heterocycles. The van der Waals surface area contributed by atoms with Crippen LogP contribution in [0.4, 0.5) is 10.7 Å². The van der Waals surface area contributed by atoms with Crippen LogP contribution in [0.25, 0.3) is 0 Å². The van der Waals surface area contributed by atoms with Gasteiger partial charge in [-0.25, -0.2) is 4.79 Å². The summed E-state index contributed by atoms with van der Waals surface area (Å²) in [6.07, 6.45) is 2.08. The maximum Gasteiger partial charge on any atom is 0.324 e. The van der Waals surface area contributed by atoms with Gasteiger partial charge in [0.25, 0.3) is 5.91 Å². The number of anilines is 1. The van der Waals surface area contributed by atoms with Crippen molar-refractivity contribution in [3.05, 3.63) is 65.9 Å². The lowest BCUT2D eigenvalue weighted by Crippen LogP contribution is -2.51. The standard InChI is InChI=1S/C19H20N6O3/c26-17(15-7-4-12-28-15)24-8-10-25(11-9-24)19(27)21-18-20-16(22-23-18)13-14-5-2-1-3-6-14/h1-7,12H,8-11,13H2,(H2,20,21,22,23,27). The van der Waals surface area contributed by atoms with Crippen LogP contribution in [0.3, 0.4) is 0 Å². The number of rotatable bonds is 4. The molecular weight excluding hydrogens is 360 g/mol. The van der Waals surface area contributed by atoms with Crippen LogP contribution in [0, 0.1) is 0 Å². The maximum atomic E-state index is 12.4. The zero-order valence-corrected chi connectivity index (χ0v) is 15.2. The molecule has 0 spiro atoms. The van der Waals surface area contributed by atoms with Crippen LogP contribution in [-0.2, 0) is 6.42 Å². The number of nitrogens with one attached hydrogen (secondary N) is 2. The van der Waals surface area contributed by atoms with Crippen LogP contribution < -0.4 is 5.32 Å². The summed E-state index contributed by atoms with van der Waals surface area (Å²) in [6, 6.07) is 12.9. The molecule has 0 unspecified atom stereocenters. The highest BCUT2D eigenvalue weighted by Crippen LogP contribution is 2.11. The van der Waals surface area contributed by atoms with Crippen molar-refractivity contribution in [2.24, 2.45) is 0 Å². The number of H-pyrrole nitrogens is 1. The van der Waals surface area contributed by atoms with Crippen molar-refractivity contribution >= 4 is 17.9 Å². The Balaban J connectivity index is 1.28. The Hall–Kier alpha value is -3.62. The number of carbonyl (C=O) groups is 2. The Morgan fingerprint density at radius 1 is 1.04 bits per heavy atom. The van der Waals surface area contributed by atoms with E-state index in [1.54, 1.807) is 21.9 Å². The van der Waals surface area contributed by atoms with Gasteiger partial charge in [0.05, 0.1) is 6.26 Å². The van der Waals surface area contributed by atoms with Crippen LogP contribution in [0.1, 0.15) is 21.9 Å². The molecule has 0 saturated carbocycles. The van der Waals surface area contributed by atoms with Crippen LogP contribution in [0.15, 0.2) is 53.1 Å². The van der Waals surface area contributed by atoms with Gasteiger partial charge in [-0.15, -0.1) is 5.10 Å². The fourth-order valence-corrected chi connectivity index (χ4v) is 3.06. The zero-order valence-electron chi connectivity index (χ0n) is 15.2. The molecule has 9 nitrogen and oxygen atoms in total. The number of urea groups is 1. The van der Waals surface area contributed by atoms with Gasteiger partial charge in [0.15, 0.2) is 5.76 Å². The number of carbonyl (C=O) groups excluding carboxylic acids is 2. The minimum Gasteiger partial charge on any atom is -0.459 e. The van der Waals surface area contributed by atoms with Gasteiger partial charge < -0.3 is 14.2 Å². The molecular formula is C19H20N6O3. The van der Waals surface area contributed by atoms with E-state index in [4.69, 9.17) is 4.42 Å². The maximum absolute atomic E-state index is 12.4. The topological polar surface area (TPSA) is 107 Å². The van der Waals surface area contributed by atoms with E-state index in [-0.39, 0.29) is 17.9 Å². The number of amides is 3. The lowest BCUT2D eigenvalue weighted by molar-refractivity contribution is 0.0640. The highest BCUT2D eigenvalue weighted by Gasteiger charge is 2.26. The third kappa shape index (κ3) is 4.03. The van der Waals surface area contributed by atoms with Crippen molar-refractivity contribution in [2.45, 2.75) is 6.42 Å². The van der Waals surface area contributed by atoms with Gasteiger partial charge in [0, 0.05) is 32.6 Å². The molecule has 1 saturated heterocycles. The summed E-state index contributed by atoms with van der Waals surface area (Å²) >= 11 is 0. The second kappa shape index (κ2) is 7.95. The number of benzene rings is 1. The smallest absolute Gasteiger partial charge is 0.324 e. The van der Waals surface area contributed by atoms with Gasteiger partial charge in [-0.05, 0) is 17.7 Å². The summed E-state index contributed by atoms with van der Waals surface area (Å²) in [5, 5.41) is 9.60. The highest BCUT2D eigenvalue weighted by atomic mass is 16.3. The lowest BCUT2D eigenvalue weighted by Gasteiger charge is -2.33. The monoisotopic (exact) mass is 380 g/mol. The molecule has 0 atom stereocenters. The first-order valence-corrected chi connectivity index (χ1v) is 9.03. The van der Waals surface area contributed by atoms with E-state index < -0.39 is 0 Å². The molecule has 1 aliphatic rings. The fraction of sp³-hybridized carbons (Fsp3) is 0.263. The van der Waals surface area contributed by atoms with Crippen LogP contribution in [0.5, 0.6) is 0 Å². The summed E-state index contributed by atoms with van der Waals surface area (Å²) in [7, 11) is 0. The first-order chi connectivity index (χ1) is 13.7. The molecule has 1 aliphatic heterocycles. The Morgan fingerprint density at radius 2 is 1.79 bits per heavy atom. The van der Waals surface area contributed by atoms with Crippen LogP contribution in [0.2, 0.25) is 0 Å². The number of hydrogen-bond donors (Lipinski definition) is 2. The molecule has 0 bridgehead atoms. The normalized spacial score (nSPS) is 14.1. The molecule has 0 aliphatic carbocycles. The molecule has 28 heavy (non-hydrogen) atoms. The molecule has 9 heteroatoms. The minimum atomic E-state index is -0.282. The van der Waals surface area contributed by atoms with E-state index in [1.165, 1.54) is 6.26 Å². The van der Waals surface area contributed by atoms with Crippen molar-refractivity contribution < 1.29 is 14.0 Å². The zero-order chi connectivity index (χ0) is 19.3. The summed E-state index contributed by atoms with van der Waals surface area (Å²) in [5.41, 5.74) is 1.11. The van der Waals surface area contributed by atoms with Crippen molar-refractivity contribution in [3.8, 4) is 0 Å². The molecule has 2 N–H and O–H groups in total. The quantitative estimate of drug-likeness (QED) is 0.720. The van der Waals surface area contributed by atoms with Crippen molar-refractivity contribution in [1.29, 1.82) is 0 Å². The number of nitrogens with zero attached hydrogens (tertiary/aromatic N) is 4. The number of aromatic amines is 1. The highest BCUT2D eigenvalue weighted by molar-refractivity contribution is 5.92. The lowest BCUT2D eigenvalue weighted by atomic mass is 10.1. The Kier molecular flexibility index (Phi) is 5.05. The van der Waals surface area contributed by atoms with Gasteiger partial charge >= 0.3 is 6.03 Å². The van der Waals surface area contributed by atoms with Gasteiger partial charge in [0.2, 0.25) is 5.95 Å². The van der Waals surface area contributed by atoms with Crippen molar-refractivity contribution in [2.75, 3.05) is 31.5 Å². The second-order valence-corrected chi connectivity index (χ2v) is 6.45. The first-order valence-electron chi connectivity index (χ1n) is 9.03. The number of furan rings is 1. The molecule has 2 aromatic heterocycles. The van der Waals surface area contributed by atoms with Gasteiger partial charge in [-0.2, -0.15) is 4.98 Å². The van der Waals surface area contributed by atoms with Crippen LogP contribution in [-0.4, -0.2) is 63.1 Å². The summed E-state index contributed by atoms with van der Waals surface area (Å²) in [5.74, 6) is 1.06. The van der Waals surface area contributed by atoms with E-state index in [9.17, 15) is 9.59 Å². The molecule has 1 aromatic carbocycles. The van der Waals surface area contributed by atoms with E-state index >= 15 is 0 Å². The average molecular weight is 380 g/mol. The summed E-state index contributed by atoms with van der Waals surface area (Å²) < 4.78 is 5.14. The molecule has 0 radical (unpaired) electrons. The van der Waals surface area contributed by atoms with Gasteiger partial charge in [-0.1, -0.05) is 30.3 Å². The van der Waals surface area contributed by atoms with E-state index in [0.717, 1.165) is 5.56 Å². The van der Waals surface area contributed by atoms with E-state index in [0.29, 0.717) is 44.2 Å². The number of aromatic nitrogens is 3.